The zero-order valence-electron chi connectivity index (χ0n) is 18.0. The molecular weight excluding hydrogens is 435 g/mol. The molecule has 0 aliphatic heterocycles. The van der Waals surface area contributed by atoms with E-state index in [1.807, 2.05) is 32.9 Å². The Morgan fingerprint density at radius 3 is 2.24 bits per heavy atom. The maximum absolute atomic E-state index is 13.2. The summed E-state index contributed by atoms with van der Waals surface area (Å²) in [6.07, 6.45) is -4.57. The molecule has 4 rings (SSSR count). The van der Waals surface area contributed by atoms with E-state index in [4.69, 9.17) is 5.73 Å². The van der Waals surface area contributed by atoms with Crippen LogP contribution in [-0.2, 0) is 11.6 Å². The number of halogens is 3. The van der Waals surface area contributed by atoms with Crippen LogP contribution in [0, 0.1) is 0 Å². The zero-order valence-corrected chi connectivity index (χ0v) is 18.0. The molecule has 0 aliphatic carbocycles. The molecule has 3 N–H and O–H groups in total. The zero-order chi connectivity index (χ0) is 24.1. The number of hydrogen-bond donors (Lipinski definition) is 2. The van der Waals surface area contributed by atoms with Crippen LogP contribution in [0.4, 0.5) is 13.2 Å². The number of primary amides is 1. The van der Waals surface area contributed by atoms with Crippen molar-refractivity contribution in [1.29, 1.82) is 0 Å². The number of aromatic nitrogens is 4. The maximum atomic E-state index is 13.2. The van der Waals surface area contributed by atoms with E-state index in [2.05, 4.69) is 15.0 Å². The van der Waals surface area contributed by atoms with E-state index >= 15 is 0 Å². The van der Waals surface area contributed by atoms with E-state index in [9.17, 15) is 22.8 Å². The van der Waals surface area contributed by atoms with Crippen LogP contribution in [0.15, 0.2) is 53.3 Å². The maximum Gasteiger partial charge on any atom is 0.416 e. The summed E-state index contributed by atoms with van der Waals surface area (Å²) >= 11 is 0. The Morgan fingerprint density at radius 2 is 1.67 bits per heavy atom. The molecule has 1 amide bonds. The van der Waals surface area contributed by atoms with Crippen molar-refractivity contribution in [3.05, 3.63) is 75.8 Å². The molecule has 170 valence electrons. The Kier molecular flexibility index (Phi) is 5.11. The lowest BCUT2D eigenvalue weighted by Crippen LogP contribution is -2.16. The van der Waals surface area contributed by atoms with Crippen LogP contribution in [0.5, 0.6) is 0 Å². The molecule has 2 heterocycles. The van der Waals surface area contributed by atoms with Gasteiger partial charge in [0.25, 0.3) is 5.91 Å². The van der Waals surface area contributed by atoms with E-state index in [-0.39, 0.29) is 33.7 Å². The molecule has 0 saturated heterocycles. The van der Waals surface area contributed by atoms with Gasteiger partial charge in [-0.25, -0.2) is 19.3 Å². The summed E-state index contributed by atoms with van der Waals surface area (Å²) in [4.78, 5) is 35.7. The molecule has 7 nitrogen and oxygen atoms in total. The lowest BCUT2D eigenvalue weighted by Gasteiger charge is -2.19. The average Bonchev–Trinajstić information content (AvgIpc) is 3.07. The summed E-state index contributed by atoms with van der Waals surface area (Å²) < 4.78 is 40.8. The largest absolute Gasteiger partial charge is 0.416 e. The Hall–Kier alpha value is -3.95. The quantitative estimate of drug-likeness (QED) is 0.483. The second-order valence-corrected chi connectivity index (χ2v) is 8.60. The fourth-order valence-corrected chi connectivity index (χ4v) is 3.48. The molecule has 0 unspecified atom stereocenters. The van der Waals surface area contributed by atoms with Crippen molar-refractivity contribution in [2.45, 2.75) is 32.4 Å². The first kappa shape index (κ1) is 22.3. The van der Waals surface area contributed by atoms with Gasteiger partial charge in [0.2, 0.25) is 0 Å². The minimum atomic E-state index is -4.57. The number of hydrogen-bond acceptors (Lipinski definition) is 4. The minimum absolute atomic E-state index is 0.00289. The first-order valence-corrected chi connectivity index (χ1v) is 9.97. The molecule has 0 bridgehead atoms. The van der Waals surface area contributed by atoms with Gasteiger partial charge in [0, 0.05) is 5.56 Å². The molecule has 2 aromatic carbocycles. The number of fused-ring (bicyclic) bond motifs is 1. The number of imidazole rings is 1. The van der Waals surface area contributed by atoms with Gasteiger partial charge < -0.3 is 10.7 Å². The molecule has 4 aromatic rings. The van der Waals surface area contributed by atoms with Crippen LogP contribution in [0.2, 0.25) is 0 Å². The van der Waals surface area contributed by atoms with Crippen molar-refractivity contribution < 1.29 is 18.0 Å². The number of aromatic amines is 1. The van der Waals surface area contributed by atoms with Crippen molar-refractivity contribution >= 4 is 17.1 Å². The number of carbonyl (C=O) groups excluding carboxylic acids is 1. The highest BCUT2D eigenvalue weighted by Gasteiger charge is 2.31. The van der Waals surface area contributed by atoms with Gasteiger partial charge in [-0.3, -0.25) is 4.79 Å². The average molecular weight is 455 g/mol. The summed E-state index contributed by atoms with van der Waals surface area (Å²) in [6.45, 7) is 6.15. The van der Waals surface area contributed by atoms with E-state index in [1.165, 1.54) is 16.7 Å². The Bertz CT molecular complexity index is 1430. The van der Waals surface area contributed by atoms with Crippen LogP contribution in [-0.4, -0.2) is 25.4 Å². The summed E-state index contributed by atoms with van der Waals surface area (Å²) in [7, 11) is 0. The number of amides is 1. The van der Waals surface area contributed by atoms with E-state index in [0.29, 0.717) is 5.69 Å². The van der Waals surface area contributed by atoms with Crippen molar-refractivity contribution in [1.82, 2.24) is 19.5 Å². The molecule has 0 fully saturated rings. The van der Waals surface area contributed by atoms with Gasteiger partial charge in [0.1, 0.15) is 5.52 Å². The fraction of sp³-hybridized carbons (Fsp3) is 0.217. The van der Waals surface area contributed by atoms with Crippen LogP contribution in [0.3, 0.4) is 0 Å². The molecule has 0 saturated carbocycles. The predicted molar refractivity (Wildman–Crippen MR) is 117 cm³/mol. The number of rotatable bonds is 3. The Morgan fingerprint density at radius 1 is 1.00 bits per heavy atom. The highest BCUT2D eigenvalue weighted by atomic mass is 19.4. The van der Waals surface area contributed by atoms with Gasteiger partial charge in [-0.05, 0) is 35.2 Å². The molecule has 0 spiro atoms. The Labute approximate surface area is 186 Å². The number of carbonyl (C=O) groups is 1. The minimum Gasteiger partial charge on any atom is -0.364 e. The van der Waals surface area contributed by atoms with Gasteiger partial charge in [-0.2, -0.15) is 13.2 Å². The topological polar surface area (TPSA) is 107 Å². The van der Waals surface area contributed by atoms with Gasteiger partial charge >= 0.3 is 11.9 Å². The molecule has 0 aliphatic rings. The molecule has 0 atom stereocenters. The monoisotopic (exact) mass is 455 g/mol. The third-order valence-corrected chi connectivity index (χ3v) is 5.21. The second-order valence-electron chi connectivity index (χ2n) is 8.60. The van der Waals surface area contributed by atoms with E-state index in [0.717, 1.165) is 17.7 Å². The number of alkyl halides is 3. The van der Waals surface area contributed by atoms with Crippen molar-refractivity contribution in [2.75, 3.05) is 0 Å². The molecule has 0 radical (unpaired) electrons. The number of benzene rings is 2. The SMILES string of the molecule is CC(C)(C)c1ccc(-n2c(=O)[nH]c3c(C(N)=O)nc(-c4cccc(C(F)(F)F)c4)nc32)cc1. The fourth-order valence-electron chi connectivity index (χ4n) is 3.48. The van der Waals surface area contributed by atoms with Gasteiger partial charge in [0.05, 0.1) is 11.3 Å². The van der Waals surface area contributed by atoms with Crippen LogP contribution in [0.1, 0.15) is 42.4 Å². The first-order valence-electron chi connectivity index (χ1n) is 9.97. The predicted octanol–water partition coefficient (Wildman–Crippen LogP) is 4.19. The number of nitrogens with two attached hydrogens (primary N) is 1. The number of H-pyrrole nitrogens is 1. The summed E-state index contributed by atoms with van der Waals surface area (Å²) in [6, 6.07) is 11.6. The second kappa shape index (κ2) is 7.58. The van der Waals surface area contributed by atoms with Crippen molar-refractivity contribution in [3.8, 4) is 17.1 Å². The van der Waals surface area contributed by atoms with E-state index in [1.54, 1.807) is 12.1 Å². The number of nitrogens with one attached hydrogen (secondary N) is 1. The lowest BCUT2D eigenvalue weighted by atomic mass is 9.87. The van der Waals surface area contributed by atoms with Gasteiger partial charge in [-0.1, -0.05) is 45.0 Å². The summed E-state index contributed by atoms with van der Waals surface area (Å²) in [5, 5.41) is 0. The van der Waals surface area contributed by atoms with E-state index < -0.39 is 23.3 Å². The molecule has 10 heteroatoms. The standard InChI is InChI=1S/C23H20F3N5O2/c1-22(2,3)13-7-9-15(10-8-13)31-20-17(29-21(31)33)16(18(27)32)28-19(30-20)12-5-4-6-14(11-12)23(24,25)26/h4-11H,1-3H3,(H2,27,32)(H,29,33). The first-order chi connectivity index (χ1) is 15.4. The van der Waals surface area contributed by atoms with Crippen LogP contribution >= 0.6 is 0 Å². The smallest absolute Gasteiger partial charge is 0.364 e. The Balaban J connectivity index is 1.96. The lowest BCUT2D eigenvalue weighted by molar-refractivity contribution is -0.137. The van der Waals surface area contributed by atoms with Gasteiger partial charge in [-0.15, -0.1) is 0 Å². The highest BCUT2D eigenvalue weighted by Crippen LogP contribution is 2.32. The molecular formula is C23H20F3N5O2. The third-order valence-electron chi connectivity index (χ3n) is 5.21. The van der Waals surface area contributed by atoms with Crippen LogP contribution in [0.25, 0.3) is 28.2 Å². The highest BCUT2D eigenvalue weighted by molar-refractivity contribution is 6.02. The third kappa shape index (κ3) is 4.11. The van der Waals surface area contributed by atoms with Crippen LogP contribution < -0.4 is 11.4 Å². The normalized spacial score (nSPS) is 12.3. The van der Waals surface area contributed by atoms with Crippen molar-refractivity contribution in [3.63, 3.8) is 0 Å². The summed E-state index contributed by atoms with van der Waals surface area (Å²) in [5.74, 6) is -1.12. The molecule has 33 heavy (non-hydrogen) atoms. The van der Waals surface area contributed by atoms with Gasteiger partial charge in [0.15, 0.2) is 17.2 Å². The number of nitrogens with zero attached hydrogens (tertiary/aromatic N) is 3. The van der Waals surface area contributed by atoms with Crippen molar-refractivity contribution in [2.24, 2.45) is 5.73 Å². The summed E-state index contributed by atoms with van der Waals surface area (Å²) in [5.41, 5.74) is 5.11. The molecule has 2 aromatic heterocycles.